The van der Waals surface area contributed by atoms with Gasteiger partial charge in [0.25, 0.3) is 0 Å². The van der Waals surface area contributed by atoms with Crippen LogP contribution in [0.4, 0.5) is 0 Å². The lowest BCUT2D eigenvalue weighted by Gasteiger charge is -1.98. The van der Waals surface area contributed by atoms with Gasteiger partial charge in [0.15, 0.2) is 0 Å². The molecule has 3 aromatic rings. The topological polar surface area (TPSA) is 64.3 Å². The summed E-state index contributed by atoms with van der Waals surface area (Å²) in [5, 5.41) is 2.82. The Labute approximate surface area is 140 Å². The second kappa shape index (κ2) is 6.03. The summed E-state index contributed by atoms with van der Waals surface area (Å²) in [5.74, 6) is 2.40. The van der Waals surface area contributed by atoms with Crippen LogP contribution in [-0.2, 0) is 9.84 Å². The van der Waals surface area contributed by atoms with E-state index in [1.807, 2.05) is 0 Å². The smallest absolute Gasteiger partial charge is 0.352 e. The van der Waals surface area contributed by atoms with Crippen LogP contribution in [-0.4, -0.2) is 8.42 Å². The summed E-state index contributed by atoms with van der Waals surface area (Å²) in [6.07, 6.45) is 0. The van der Waals surface area contributed by atoms with Crippen LogP contribution in [0.15, 0.2) is 73.2 Å². The summed E-state index contributed by atoms with van der Waals surface area (Å²) in [4.78, 5) is 12.0. The molecule has 1 heterocycles. The van der Waals surface area contributed by atoms with Gasteiger partial charge in [-0.15, -0.1) is 0 Å². The van der Waals surface area contributed by atoms with Crippen molar-refractivity contribution in [1.29, 1.82) is 0 Å². The Bertz CT molecular complexity index is 1100. The Hall–Kier alpha value is -2.36. The van der Waals surface area contributed by atoms with Gasteiger partial charge in [0.05, 0.1) is 4.90 Å². The molecular formula is C17H9BrO4S. The zero-order valence-electron chi connectivity index (χ0n) is 11.6. The van der Waals surface area contributed by atoms with E-state index in [1.54, 1.807) is 36.4 Å². The minimum Gasteiger partial charge on any atom is -0.422 e. The number of hydrogen-bond donors (Lipinski definition) is 0. The van der Waals surface area contributed by atoms with Crippen molar-refractivity contribution in [3.63, 3.8) is 0 Å². The van der Waals surface area contributed by atoms with Gasteiger partial charge in [0, 0.05) is 15.1 Å². The first-order valence-corrected chi connectivity index (χ1v) is 8.80. The highest BCUT2D eigenvalue weighted by Crippen LogP contribution is 2.19. The normalized spacial score (nSPS) is 11.0. The number of rotatable bonds is 1. The summed E-state index contributed by atoms with van der Waals surface area (Å²) in [5.41, 5.74) is -0.264. The summed E-state index contributed by atoms with van der Waals surface area (Å²) < 4.78 is 30.2. The maximum atomic E-state index is 12.1. The second-order valence-corrected chi connectivity index (χ2v) is 7.27. The third kappa shape index (κ3) is 3.36. The fourth-order valence-corrected chi connectivity index (χ4v) is 3.22. The van der Waals surface area contributed by atoms with Crippen LogP contribution in [0.2, 0.25) is 0 Å². The first-order valence-electron chi connectivity index (χ1n) is 6.52. The molecule has 0 N–H and O–H groups in total. The standard InChI is InChI=1S/C17H9BrO4S/c18-14-6-7-16-13(11-14)10-12(17(19)22-16)8-9-23(20,21)15-4-2-1-3-5-15/h1-7,10-11H. The average Bonchev–Trinajstić information content (AvgIpc) is 2.54. The lowest BCUT2D eigenvalue weighted by molar-refractivity contribution is 0.559. The predicted molar refractivity (Wildman–Crippen MR) is 90.7 cm³/mol. The Morgan fingerprint density at radius 2 is 1.74 bits per heavy atom. The van der Waals surface area contributed by atoms with Crippen LogP contribution in [0.3, 0.4) is 0 Å². The third-order valence-electron chi connectivity index (χ3n) is 3.07. The molecule has 0 spiro atoms. The Morgan fingerprint density at radius 3 is 2.48 bits per heavy atom. The van der Waals surface area contributed by atoms with Gasteiger partial charge in [-0.05, 0) is 42.3 Å². The van der Waals surface area contributed by atoms with Crippen LogP contribution in [0.1, 0.15) is 5.56 Å². The van der Waals surface area contributed by atoms with Gasteiger partial charge < -0.3 is 4.42 Å². The van der Waals surface area contributed by atoms with Crippen molar-refractivity contribution in [2.45, 2.75) is 4.90 Å². The van der Waals surface area contributed by atoms with Crippen LogP contribution < -0.4 is 5.63 Å². The first kappa shape index (κ1) is 15.5. The van der Waals surface area contributed by atoms with Crippen LogP contribution in [0.25, 0.3) is 11.0 Å². The van der Waals surface area contributed by atoms with Gasteiger partial charge in [0.1, 0.15) is 11.1 Å². The molecule has 4 nitrogen and oxygen atoms in total. The Morgan fingerprint density at radius 1 is 1.00 bits per heavy atom. The molecule has 114 valence electrons. The molecule has 6 heteroatoms. The van der Waals surface area contributed by atoms with E-state index in [9.17, 15) is 13.2 Å². The van der Waals surface area contributed by atoms with Gasteiger partial charge in [-0.3, -0.25) is 0 Å². The predicted octanol–water partition coefficient (Wildman–Crippen LogP) is 3.34. The molecule has 0 bridgehead atoms. The lowest BCUT2D eigenvalue weighted by Crippen LogP contribution is -2.04. The number of halogens is 1. The molecule has 0 radical (unpaired) electrons. The number of sulfone groups is 1. The maximum Gasteiger partial charge on any atom is 0.352 e. The minimum absolute atomic E-state index is 0.00453. The molecule has 3 rings (SSSR count). The van der Waals surface area contributed by atoms with Crippen LogP contribution in [0, 0.1) is 11.2 Å². The van der Waals surface area contributed by atoms with E-state index in [2.05, 4.69) is 27.1 Å². The Kier molecular flexibility index (Phi) is 4.07. The molecular weight excluding hydrogens is 380 g/mol. The monoisotopic (exact) mass is 388 g/mol. The molecule has 0 saturated carbocycles. The molecule has 2 aromatic carbocycles. The zero-order chi connectivity index (χ0) is 16.4. The number of hydrogen-bond acceptors (Lipinski definition) is 4. The zero-order valence-corrected chi connectivity index (χ0v) is 14.0. The molecule has 0 aliphatic carbocycles. The van der Waals surface area contributed by atoms with E-state index < -0.39 is 15.5 Å². The van der Waals surface area contributed by atoms with Crippen molar-refractivity contribution >= 4 is 36.7 Å². The summed E-state index contributed by atoms with van der Waals surface area (Å²) >= 11 is 3.33. The van der Waals surface area contributed by atoms with Gasteiger partial charge in [0.2, 0.25) is 9.84 Å². The molecule has 1 aromatic heterocycles. The van der Waals surface area contributed by atoms with Gasteiger partial charge in [-0.25, -0.2) is 13.2 Å². The second-order valence-electron chi connectivity index (χ2n) is 4.67. The van der Waals surface area contributed by atoms with Gasteiger partial charge in [-0.1, -0.05) is 34.1 Å². The molecule has 0 unspecified atom stereocenters. The molecule has 23 heavy (non-hydrogen) atoms. The van der Waals surface area contributed by atoms with E-state index in [0.717, 1.165) is 4.47 Å². The lowest BCUT2D eigenvalue weighted by atomic mass is 10.2. The van der Waals surface area contributed by atoms with Crippen molar-refractivity contribution in [1.82, 2.24) is 0 Å². The van der Waals surface area contributed by atoms with Gasteiger partial charge in [-0.2, -0.15) is 0 Å². The number of benzene rings is 2. The molecule has 0 fully saturated rings. The Balaban J connectivity index is 2.09. The van der Waals surface area contributed by atoms with E-state index in [1.165, 1.54) is 18.2 Å². The van der Waals surface area contributed by atoms with Crippen molar-refractivity contribution in [3.8, 4) is 11.2 Å². The third-order valence-corrected chi connectivity index (χ3v) is 4.82. The van der Waals surface area contributed by atoms with Crippen molar-refractivity contribution in [2.24, 2.45) is 0 Å². The van der Waals surface area contributed by atoms with E-state index in [0.29, 0.717) is 11.0 Å². The average molecular weight is 389 g/mol. The van der Waals surface area contributed by atoms with Crippen LogP contribution >= 0.6 is 15.9 Å². The van der Waals surface area contributed by atoms with Crippen LogP contribution in [0.5, 0.6) is 0 Å². The highest BCUT2D eigenvalue weighted by Gasteiger charge is 2.10. The van der Waals surface area contributed by atoms with E-state index in [4.69, 9.17) is 4.42 Å². The van der Waals surface area contributed by atoms with E-state index >= 15 is 0 Å². The van der Waals surface area contributed by atoms with Gasteiger partial charge >= 0.3 is 5.63 Å². The minimum atomic E-state index is -3.79. The largest absolute Gasteiger partial charge is 0.422 e. The highest BCUT2D eigenvalue weighted by molar-refractivity contribution is 9.10. The molecule has 0 aliphatic heterocycles. The van der Waals surface area contributed by atoms with E-state index in [-0.39, 0.29) is 10.5 Å². The fraction of sp³-hybridized carbons (Fsp3) is 0. The summed E-state index contributed by atoms with van der Waals surface area (Å²) in [6, 6.07) is 14.5. The summed E-state index contributed by atoms with van der Waals surface area (Å²) in [6.45, 7) is 0. The molecule has 0 aliphatic rings. The molecule has 0 atom stereocenters. The number of fused-ring (bicyclic) bond motifs is 1. The quantitative estimate of drug-likeness (QED) is 0.473. The molecule has 0 saturated heterocycles. The van der Waals surface area contributed by atoms with Crippen molar-refractivity contribution in [3.05, 3.63) is 75.1 Å². The first-order chi connectivity index (χ1) is 11.0. The maximum absolute atomic E-state index is 12.1. The van der Waals surface area contributed by atoms with Crippen molar-refractivity contribution < 1.29 is 12.8 Å². The highest BCUT2D eigenvalue weighted by atomic mass is 79.9. The SMILES string of the molecule is O=c1oc2ccc(Br)cc2cc1C#CS(=O)(=O)c1ccccc1. The fourth-order valence-electron chi connectivity index (χ4n) is 1.96. The van der Waals surface area contributed by atoms with Crippen molar-refractivity contribution in [2.75, 3.05) is 0 Å². The molecule has 0 amide bonds. The summed E-state index contributed by atoms with van der Waals surface area (Å²) in [7, 11) is -3.79.